The third-order valence-electron chi connectivity index (χ3n) is 5.26. The number of nitrogens with two attached hydrogens (primary N) is 1. The Bertz CT molecular complexity index is 1290. The number of aryl methyl sites for hydroxylation is 1. The van der Waals surface area contributed by atoms with Crippen LogP contribution >= 0.6 is 11.6 Å². The zero-order valence-corrected chi connectivity index (χ0v) is 17.5. The van der Waals surface area contributed by atoms with E-state index in [9.17, 15) is 13.2 Å². The van der Waals surface area contributed by atoms with Gasteiger partial charge < -0.3 is 20.2 Å². The smallest absolute Gasteiger partial charge is 0.418 e. The maximum absolute atomic E-state index is 15.7. The highest BCUT2D eigenvalue weighted by atomic mass is 35.5. The van der Waals surface area contributed by atoms with Gasteiger partial charge in [-0.3, -0.25) is 0 Å². The minimum atomic E-state index is -4.85. The largest absolute Gasteiger partial charge is 0.489 e. The summed E-state index contributed by atoms with van der Waals surface area (Å²) in [5.41, 5.74) is 2.64. The summed E-state index contributed by atoms with van der Waals surface area (Å²) < 4.78 is 63.1. The highest BCUT2D eigenvalue weighted by Gasteiger charge is 2.40. The Labute approximate surface area is 184 Å². The van der Waals surface area contributed by atoms with Crippen LogP contribution in [0.25, 0.3) is 27.0 Å². The Hall–Kier alpha value is -3.39. The number of rotatable bonds is 2. The summed E-state index contributed by atoms with van der Waals surface area (Å²) in [6.07, 6.45) is -3.76. The Kier molecular flexibility index (Phi) is 5.21. The lowest BCUT2D eigenvalue weighted by molar-refractivity contribution is -0.137. The molecule has 4 rings (SSSR count). The van der Waals surface area contributed by atoms with Crippen molar-refractivity contribution in [1.29, 1.82) is 0 Å². The predicted molar refractivity (Wildman–Crippen MR) is 111 cm³/mol. The van der Waals surface area contributed by atoms with E-state index in [0.717, 1.165) is 12.4 Å². The van der Waals surface area contributed by atoms with Crippen molar-refractivity contribution in [2.45, 2.75) is 19.1 Å². The molecule has 1 atom stereocenters. The molecule has 0 saturated carbocycles. The third-order valence-corrected chi connectivity index (χ3v) is 5.62. The second-order valence-corrected chi connectivity index (χ2v) is 7.63. The van der Waals surface area contributed by atoms with Gasteiger partial charge in [0.25, 0.3) is 0 Å². The van der Waals surface area contributed by atoms with Crippen LogP contribution in [0, 0.1) is 19.3 Å². The van der Waals surface area contributed by atoms with Crippen LogP contribution < -0.4 is 15.4 Å². The average molecular weight is 467 g/mol. The van der Waals surface area contributed by atoms with Gasteiger partial charge in [-0.2, -0.15) is 13.2 Å². The number of benzene rings is 1. The van der Waals surface area contributed by atoms with E-state index in [0.29, 0.717) is 0 Å². The molecule has 2 aromatic heterocycles. The Morgan fingerprint density at radius 1 is 1.38 bits per heavy atom. The first-order valence-electron chi connectivity index (χ1n) is 9.25. The van der Waals surface area contributed by atoms with Crippen LogP contribution in [0.2, 0.25) is 5.02 Å². The van der Waals surface area contributed by atoms with Gasteiger partial charge in [0.15, 0.2) is 11.6 Å². The van der Waals surface area contributed by atoms with Crippen LogP contribution in [-0.4, -0.2) is 41.2 Å². The van der Waals surface area contributed by atoms with Crippen LogP contribution in [-0.2, 0) is 6.18 Å². The van der Waals surface area contributed by atoms with Gasteiger partial charge in [-0.25, -0.2) is 25.9 Å². The zero-order valence-electron chi connectivity index (χ0n) is 16.8. The van der Waals surface area contributed by atoms with E-state index >= 15 is 4.39 Å². The number of aromatic nitrogens is 3. The van der Waals surface area contributed by atoms with Crippen LogP contribution in [0.15, 0.2) is 12.4 Å². The number of nitrogen functional groups attached to an aromatic ring is 1. The van der Waals surface area contributed by atoms with E-state index in [1.807, 2.05) is 0 Å². The molecule has 1 aromatic carbocycles. The number of likely N-dealkylation sites (N-methyl/N-ethyl adjacent to an activating group) is 1. The van der Waals surface area contributed by atoms with Crippen LogP contribution in [0.3, 0.4) is 0 Å². The average Bonchev–Trinajstić information content (AvgIpc) is 2.83. The number of pyridine rings is 1. The molecule has 0 fully saturated rings. The Morgan fingerprint density at radius 2 is 2.09 bits per heavy atom. The second-order valence-electron chi connectivity index (χ2n) is 7.25. The van der Waals surface area contributed by atoms with Crippen molar-refractivity contribution in [1.82, 2.24) is 15.0 Å². The zero-order chi connectivity index (χ0) is 23.4. The summed E-state index contributed by atoms with van der Waals surface area (Å²) in [6, 6.07) is 0.605. The Balaban J connectivity index is 2.11. The van der Waals surface area contributed by atoms with Gasteiger partial charge >= 0.3 is 6.18 Å². The lowest BCUT2D eigenvalue weighted by Gasteiger charge is -2.22. The molecule has 0 saturated heterocycles. The highest BCUT2D eigenvalue weighted by molar-refractivity contribution is 6.36. The van der Waals surface area contributed by atoms with Gasteiger partial charge in [0.2, 0.25) is 6.54 Å². The standard InChI is InChI=1S/C20H15ClF4N6O/c1-8-4-10(26)30-16(13(8)20(23,24)25)11-14(21)18-12-17(15(11)22)28-7-29-19(12)31(3)9(5-27-2)6-32-18/h4,7,9H,5-6H2,1,3H3,(H2,26,30). The number of ether oxygens (including phenoxy) is 1. The Morgan fingerprint density at radius 3 is 2.75 bits per heavy atom. The van der Waals surface area contributed by atoms with Crippen molar-refractivity contribution < 1.29 is 22.3 Å². The fourth-order valence-corrected chi connectivity index (χ4v) is 4.10. The molecule has 1 unspecified atom stereocenters. The van der Waals surface area contributed by atoms with E-state index in [1.165, 1.54) is 6.92 Å². The van der Waals surface area contributed by atoms with Gasteiger partial charge in [-0.05, 0) is 18.6 Å². The number of anilines is 2. The summed E-state index contributed by atoms with van der Waals surface area (Å²) in [6.45, 7) is 8.38. The minimum Gasteiger partial charge on any atom is -0.489 e. The molecule has 12 heteroatoms. The molecular formula is C20H15ClF4N6O. The van der Waals surface area contributed by atoms with Crippen molar-refractivity contribution in [3.8, 4) is 17.0 Å². The number of halogens is 5. The molecule has 0 radical (unpaired) electrons. The second kappa shape index (κ2) is 7.63. The molecule has 0 spiro atoms. The first kappa shape index (κ1) is 21.8. The molecule has 3 heterocycles. The number of hydrogen-bond donors (Lipinski definition) is 1. The summed E-state index contributed by atoms with van der Waals surface area (Å²) in [4.78, 5) is 16.9. The molecule has 3 aromatic rings. The maximum Gasteiger partial charge on any atom is 0.418 e. The third kappa shape index (κ3) is 3.31. The monoisotopic (exact) mass is 466 g/mol. The van der Waals surface area contributed by atoms with E-state index in [-0.39, 0.29) is 47.0 Å². The topological polar surface area (TPSA) is 81.5 Å². The highest BCUT2D eigenvalue weighted by Crippen LogP contribution is 2.49. The summed E-state index contributed by atoms with van der Waals surface area (Å²) in [7, 11) is 1.65. The lowest BCUT2D eigenvalue weighted by Crippen LogP contribution is -2.38. The van der Waals surface area contributed by atoms with E-state index < -0.39 is 39.9 Å². The summed E-state index contributed by atoms with van der Waals surface area (Å²) in [5, 5.41) is -0.311. The number of alkyl halides is 3. The molecule has 0 bridgehead atoms. The molecule has 1 aliphatic heterocycles. The molecule has 1 aliphatic rings. The first-order valence-corrected chi connectivity index (χ1v) is 9.63. The maximum atomic E-state index is 15.7. The van der Waals surface area contributed by atoms with Crippen molar-refractivity contribution in [3.63, 3.8) is 0 Å². The molecular weight excluding hydrogens is 452 g/mol. The van der Waals surface area contributed by atoms with Crippen LogP contribution in [0.4, 0.5) is 29.2 Å². The molecule has 166 valence electrons. The van der Waals surface area contributed by atoms with Crippen molar-refractivity contribution in [3.05, 3.63) is 45.8 Å². The normalized spacial score (nSPS) is 15.9. The van der Waals surface area contributed by atoms with Crippen LogP contribution in [0.1, 0.15) is 11.1 Å². The fourth-order valence-electron chi connectivity index (χ4n) is 3.78. The van der Waals surface area contributed by atoms with Gasteiger partial charge in [-0.15, -0.1) is 0 Å². The molecule has 2 N–H and O–H groups in total. The first-order chi connectivity index (χ1) is 15.1. The van der Waals surface area contributed by atoms with E-state index in [2.05, 4.69) is 19.8 Å². The predicted octanol–water partition coefficient (Wildman–Crippen LogP) is 4.51. The molecule has 32 heavy (non-hydrogen) atoms. The molecule has 7 nitrogen and oxygen atoms in total. The van der Waals surface area contributed by atoms with Gasteiger partial charge in [0.05, 0.1) is 27.2 Å². The molecule has 0 amide bonds. The van der Waals surface area contributed by atoms with Crippen molar-refractivity contribution >= 4 is 34.1 Å². The number of hydrogen-bond acceptors (Lipinski definition) is 6. The molecule has 0 aliphatic carbocycles. The lowest BCUT2D eigenvalue weighted by atomic mass is 9.98. The fraction of sp³-hybridized carbons (Fsp3) is 0.300. The van der Waals surface area contributed by atoms with Gasteiger partial charge in [-0.1, -0.05) is 11.6 Å². The van der Waals surface area contributed by atoms with Gasteiger partial charge in [0, 0.05) is 7.05 Å². The SMILES string of the molecule is [C-]#[N+]CC1COc2c(Cl)c(-c3nc(N)cc(C)c3C(F)(F)F)c(F)c3ncnc(c23)N1C. The van der Waals surface area contributed by atoms with Crippen LogP contribution in [0.5, 0.6) is 5.75 Å². The number of nitrogens with zero attached hydrogens (tertiary/aromatic N) is 5. The summed E-state index contributed by atoms with van der Waals surface area (Å²) in [5.74, 6) is -1.17. The van der Waals surface area contributed by atoms with E-state index in [1.54, 1.807) is 11.9 Å². The quantitative estimate of drug-likeness (QED) is 0.442. The van der Waals surface area contributed by atoms with Crippen molar-refractivity contribution in [2.24, 2.45) is 0 Å². The van der Waals surface area contributed by atoms with E-state index in [4.69, 9.17) is 28.6 Å². The van der Waals surface area contributed by atoms with Gasteiger partial charge in [0.1, 0.15) is 36.1 Å². The van der Waals surface area contributed by atoms with Crippen molar-refractivity contribution in [2.75, 3.05) is 30.8 Å². The summed E-state index contributed by atoms with van der Waals surface area (Å²) >= 11 is 6.46. The minimum absolute atomic E-state index is 0.0232.